The van der Waals surface area contributed by atoms with Gasteiger partial charge in [0.2, 0.25) is 5.95 Å². The van der Waals surface area contributed by atoms with Gasteiger partial charge in [0.25, 0.3) is 0 Å². The molecule has 0 bridgehead atoms. The van der Waals surface area contributed by atoms with Crippen molar-refractivity contribution in [3.05, 3.63) is 53.8 Å². The molecular weight excluding hydrogens is 257 g/mol. The van der Waals surface area contributed by atoms with Crippen LogP contribution in [0.25, 0.3) is 11.0 Å². The summed E-state index contributed by atoms with van der Waals surface area (Å²) < 4.78 is 20.6. The minimum Gasteiger partial charge on any atom is -0.497 e. The summed E-state index contributed by atoms with van der Waals surface area (Å²) in [6.45, 7) is 0.537. The molecule has 2 aromatic carbocycles. The molecule has 0 amide bonds. The van der Waals surface area contributed by atoms with Crippen molar-refractivity contribution in [3.63, 3.8) is 0 Å². The SMILES string of the molecule is COc1ccc(Cn2c(N)nc3c(F)cccc32)cc1. The number of anilines is 1. The van der Waals surface area contributed by atoms with Crippen LogP contribution in [0.2, 0.25) is 0 Å². The van der Waals surface area contributed by atoms with Crippen LogP contribution in [0.1, 0.15) is 5.56 Å². The number of methoxy groups -OCH3 is 1. The Balaban J connectivity index is 2.01. The van der Waals surface area contributed by atoms with Gasteiger partial charge in [-0.05, 0) is 29.8 Å². The normalized spacial score (nSPS) is 10.9. The fourth-order valence-corrected chi connectivity index (χ4v) is 2.21. The van der Waals surface area contributed by atoms with Gasteiger partial charge in [0, 0.05) is 0 Å². The van der Waals surface area contributed by atoms with Gasteiger partial charge in [-0.2, -0.15) is 0 Å². The van der Waals surface area contributed by atoms with Gasteiger partial charge in [-0.25, -0.2) is 9.37 Å². The lowest BCUT2D eigenvalue weighted by Crippen LogP contribution is -2.04. The lowest BCUT2D eigenvalue weighted by Gasteiger charge is -2.07. The van der Waals surface area contributed by atoms with Gasteiger partial charge in [-0.1, -0.05) is 18.2 Å². The van der Waals surface area contributed by atoms with Crippen LogP contribution in [0.15, 0.2) is 42.5 Å². The van der Waals surface area contributed by atoms with Gasteiger partial charge in [0.05, 0.1) is 19.2 Å². The van der Waals surface area contributed by atoms with Crippen LogP contribution >= 0.6 is 0 Å². The second-order valence-corrected chi connectivity index (χ2v) is 4.51. The van der Waals surface area contributed by atoms with E-state index in [4.69, 9.17) is 10.5 Å². The van der Waals surface area contributed by atoms with E-state index >= 15 is 0 Å². The Hall–Kier alpha value is -2.56. The maximum Gasteiger partial charge on any atom is 0.201 e. The number of hydrogen-bond acceptors (Lipinski definition) is 3. The van der Waals surface area contributed by atoms with Gasteiger partial charge in [0.1, 0.15) is 11.3 Å². The number of benzene rings is 2. The minimum atomic E-state index is -0.359. The number of ether oxygens (including phenoxy) is 1. The summed E-state index contributed by atoms with van der Waals surface area (Å²) in [4.78, 5) is 4.08. The number of aromatic nitrogens is 2. The van der Waals surface area contributed by atoms with Crippen LogP contribution in [0.5, 0.6) is 5.75 Å². The number of nitrogens with two attached hydrogens (primary N) is 1. The summed E-state index contributed by atoms with van der Waals surface area (Å²) >= 11 is 0. The van der Waals surface area contributed by atoms with E-state index in [1.165, 1.54) is 6.07 Å². The van der Waals surface area contributed by atoms with Crippen molar-refractivity contribution in [1.29, 1.82) is 0 Å². The van der Waals surface area contributed by atoms with E-state index in [1.54, 1.807) is 17.7 Å². The summed E-state index contributed by atoms with van der Waals surface area (Å²) in [6.07, 6.45) is 0. The van der Waals surface area contributed by atoms with Gasteiger partial charge in [0.15, 0.2) is 5.82 Å². The third-order valence-corrected chi connectivity index (χ3v) is 3.26. The monoisotopic (exact) mass is 271 g/mol. The number of nitrogens with zero attached hydrogens (tertiary/aromatic N) is 2. The maximum absolute atomic E-state index is 13.7. The van der Waals surface area contributed by atoms with E-state index < -0.39 is 0 Å². The van der Waals surface area contributed by atoms with Crippen LogP contribution in [-0.2, 0) is 6.54 Å². The molecule has 0 saturated heterocycles. The number of hydrogen-bond donors (Lipinski definition) is 1. The number of imidazole rings is 1. The lowest BCUT2D eigenvalue weighted by atomic mass is 10.2. The summed E-state index contributed by atoms with van der Waals surface area (Å²) in [5.74, 6) is 0.742. The van der Waals surface area contributed by atoms with Gasteiger partial charge < -0.3 is 15.0 Å². The molecule has 5 heteroatoms. The number of rotatable bonds is 3. The maximum atomic E-state index is 13.7. The summed E-state index contributed by atoms with van der Waals surface area (Å²) in [6, 6.07) is 12.5. The summed E-state index contributed by atoms with van der Waals surface area (Å²) in [5.41, 5.74) is 7.93. The predicted octanol–water partition coefficient (Wildman–Crippen LogP) is 2.81. The fraction of sp³-hybridized carbons (Fsp3) is 0.133. The average molecular weight is 271 g/mol. The molecule has 0 atom stereocenters. The molecule has 0 radical (unpaired) electrons. The van der Waals surface area contributed by atoms with E-state index in [0.29, 0.717) is 23.5 Å². The average Bonchev–Trinajstić information content (AvgIpc) is 2.78. The zero-order chi connectivity index (χ0) is 14.1. The molecule has 20 heavy (non-hydrogen) atoms. The largest absolute Gasteiger partial charge is 0.497 e. The molecule has 3 rings (SSSR count). The number of halogens is 1. The first-order valence-electron chi connectivity index (χ1n) is 6.22. The van der Waals surface area contributed by atoms with Crippen molar-refractivity contribution >= 4 is 17.0 Å². The Kier molecular flexibility index (Phi) is 3.02. The zero-order valence-corrected chi connectivity index (χ0v) is 11.0. The van der Waals surface area contributed by atoms with E-state index in [-0.39, 0.29) is 5.82 Å². The van der Waals surface area contributed by atoms with Crippen molar-refractivity contribution in [2.24, 2.45) is 0 Å². The topological polar surface area (TPSA) is 53.1 Å². The first-order chi connectivity index (χ1) is 9.69. The highest BCUT2D eigenvalue weighted by Crippen LogP contribution is 2.22. The molecule has 1 heterocycles. The predicted molar refractivity (Wildman–Crippen MR) is 76.2 cm³/mol. The Morgan fingerprint density at radius 1 is 1.20 bits per heavy atom. The highest BCUT2D eigenvalue weighted by molar-refractivity contribution is 5.79. The molecule has 3 aromatic rings. The molecule has 0 spiro atoms. The standard InChI is InChI=1S/C15H14FN3O/c1-20-11-7-5-10(6-8-11)9-19-13-4-2-3-12(16)14(13)18-15(19)17/h2-8H,9H2,1H3,(H2,17,18). The van der Waals surface area contributed by atoms with Crippen molar-refractivity contribution < 1.29 is 9.13 Å². The summed E-state index contributed by atoms with van der Waals surface area (Å²) in [7, 11) is 1.62. The number of para-hydroxylation sites is 1. The zero-order valence-electron chi connectivity index (χ0n) is 11.0. The second-order valence-electron chi connectivity index (χ2n) is 4.51. The Labute approximate surface area is 115 Å². The first kappa shape index (κ1) is 12.5. The molecule has 1 aromatic heterocycles. The number of nitrogen functional groups attached to an aromatic ring is 1. The van der Waals surface area contributed by atoms with E-state index in [0.717, 1.165) is 11.3 Å². The molecule has 0 aliphatic rings. The van der Waals surface area contributed by atoms with Gasteiger partial charge >= 0.3 is 0 Å². The van der Waals surface area contributed by atoms with Crippen LogP contribution < -0.4 is 10.5 Å². The molecule has 4 nitrogen and oxygen atoms in total. The van der Waals surface area contributed by atoms with E-state index in [9.17, 15) is 4.39 Å². The molecular formula is C15H14FN3O. The lowest BCUT2D eigenvalue weighted by molar-refractivity contribution is 0.414. The van der Waals surface area contributed by atoms with Crippen molar-refractivity contribution in [2.45, 2.75) is 6.54 Å². The van der Waals surface area contributed by atoms with Gasteiger partial charge in [-0.3, -0.25) is 0 Å². The highest BCUT2D eigenvalue weighted by Gasteiger charge is 2.11. The van der Waals surface area contributed by atoms with Gasteiger partial charge in [-0.15, -0.1) is 0 Å². The molecule has 0 aliphatic carbocycles. The highest BCUT2D eigenvalue weighted by atomic mass is 19.1. The Morgan fingerprint density at radius 3 is 2.65 bits per heavy atom. The molecule has 2 N–H and O–H groups in total. The molecule has 0 unspecified atom stereocenters. The third kappa shape index (κ3) is 2.07. The minimum absolute atomic E-state index is 0.304. The molecule has 0 fully saturated rings. The Morgan fingerprint density at radius 2 is 1.95 bits per heavy atom. The van der Waals surface area contributed by atoms with Crippen molar-refractivity contribution in [3.8, 4) is 5.75 Å². The van der Waals surface area contributed by atoms with Crippen molar-refractivity contribution in [1.82, 2.24) is 9.55 Å². The van der Waals surface area contributed by atoms with E-state index in [2.05, 4.69) is 4.98 Å². The second kappa shape index (κ2) is 4.85. The smallest absolute Gasteiger partial charge is 0.201 e. The Bertz CT molecular complexity index is 750. The van der Waals surface area contributed by atoms with Crippen molar-refractivity contribution in [2.75, 3.05) is 12.8 Å². The first-order valence-corrected chi connectivity index (χ1v) is 6.22. The number of fused-ring (bicyclic) bond motifs is 1. The third-order valence-electron chi connectivity index (χ3n) is 3.26. The van der Waals surface area contributed by atoms with E-state index in [1.807, 2.05) is 30.3 Å². The van der Waals surface area contributed by atoms with Crippen LogP contribution in [0, 0.1) is 5.82 Å². The van der Waals surface area contributed by atoms with Crippen LogP contribution in [-0.4, -0.2) is 16.7 Å². The molecule has 102 valence electrons. The van der Waals surface area contributed by atoms with Crippen LogP contribution in [0.3, 0.4) is 0 Å². The molecule has 0 saturated carbocycles. The molecule has 0 aliphatic heterocycles. The fourth-order valence-electron chi connectivity index (χ4n) is 2.21. The van der Waals surface area contributed by atoms with Crippen LogP contribution in [0.4, 0.5) is 10.3 Å². The summed E-state index contributed by atoms with van der Waals surface area (Å²) in [5, 5.41) is 0. The quantitative estimate of drug-likeness (QED) is 0.797.